The summed E-state index contributed by atoms with van der Waals surface area (Å²) < 4.78 is 10.8. The molecule has 5 nitrogen and oxygen atoms in total. The van der Waals surface area contributed by atoms with E-state index in [1.54, 1.807) is 20.8 Å². The number of hydrogen-bond donors (Lipinski definition) is 1. The van der Waals surface area contributed by atoms with Gasteiger partial charge in [0.05, 0.1) is 13.2 Å². The van der Waals surface area contributed by atoms with Crippen LogP contribution in [-0.4, -0.2) is 30.6 Å². The molecular weight excluding hydrogens is 294 g/mol. The molecule has 1 fully saturated rings. The Kier molecular flexibility index (Phi) is 5.64. The van der Waals surface area contributed by atoms with E-state index in [4.69, 9.17) is 9.47 Å². The minimum atomic E-state index is -0.577. The maximum Gasteiger partial charge on any atom is 0.408 e. The Morgan fingerprint density at radius 3 is 2.65 bits per heavy atom. The molecule has 126 valence electrons. The second-order valence-electron chi connectivity index (χ2n) is 6.97. The molecule has 0 bridgehead atoms. The summed E-state index contributed by atoms with van der Waals surface area (Å²) in [4.78, 5) is 23.5. The minimum Gasteiger partial charge on any atom is -0.493 e. The van der Waals surface area contributed by atoms with Crippen LogP contribution in [0.5, 0.6) is 5.75 Å². The van der Waals surface area contributed by atoms with Crippen LogP contribution in [-0.2, 0) is 16.0 Å². The Labute approximate surface area is 137 Å². The third-order valence-corrected chi connectivity index (χ3v) is 3.31. The fraction of sp³-hybridized carbons (Fsp3) is 0.556. The lowest BCUT2D eigenvalue weighted by Gasteiger charge is -2.19. The predicted molar refractivity (Wildman–Crippen MR) is 87.6 cm³/mol. The van der Waals surface area contributed by atoms with Crippen LogP contribution < -0.4 is 10.1 Å². The Hall–Kier alpha value is -2.04. The molecule has 0 aliphatic heterocycles. The van der Waals surface area contributed by atoms with Crippen LogP contribution in [0.4, 0.5) is 4.79 Å². The van der Waals surface area contributed by atoms with Crippen molar-refractivity contribution in [3.63, 3.8) is 0 Å². The summed E-state index contributed by atoms with van der Waals surface area (Å²) in [5.41, 5.74) is 0.315. The van der Waals surface area contributed by atoms with Crippen LogP contribution in [0, 0.1) is 5.92 Å². The van der Waals surface area contributed by atoms with E-state index in [-0.39, 0.29) is 18.7 Å². The van der Waals surface area contributed by atoms with E-state index >= 15 is 0 Å². The highest BCUT2D eigenvalue weighted by atomic mass is 16.6. The lowest BCUT2D eigenvalue weighted by atomic mass is 10.1. The Morgan fingerprint density at radius 2 is 2.00 bits per heavy atom. The molecule has 0 aromatic heterocycles. The summed E-state index contributed by atoms with van der Waals surface area (Å²) in [6, 6.07) is 7.55. The topological polar surface area (TPSA) is 64.6 Å². The average molecular weight is 319 g/mol. The molecule has 2 rings (SSSR count). The molecular formula is C18H25NO4. The van der Waals surface area contributed by atoms with E-state index in [9.17, 15) is 9.59 Å². The molecule has 0 heterocycles. The third-order valence-electron chi connectivity index (χ3n) is 3.31. The fourth-order valence-electron chi connectivity index (χ4n) is 2.02. The van der Waals surface area contributed by atoms with Crippen molar-refractivity contribution in [2.45, 2.75) is 45.6 Å². The highest BCUT2D eigenvalue weighted by Crippen LogP contribution is 2.29. The van der Waals surface area contributed by atoms with Crippen LogP contribution in [0.2, 0.25) is 0 Å². The molecule has 1 aliphatic rings. The zero-order chi connectivity index (χ0) is 16.9. The number of nitrogens with one attached hydrogen (secondary N) is 1. The van der Waals surface area contributed by atoms with E-state index in [0.29, 0.717) is 5.92 Å². The molecule has 0 radical (unpaired) electrons. The van der Waals surface area contributed by atoms with E-state index < -0.39 is 11.7 Å². The Bertz CT molecular complexity index is 558. The van der Waals surface area contributed by atoms with Crippen LogP contribution >= 0.6 is 0 Å². The molecule has 23 heavy (non-hydrogen) atoms. The summed E-state index contributed by atoms with van der Waals surface area (Å²) >= 11 is 0. The van der Waals surface area contributed by atoms with E-state index in [0.717, 1.165) is 17.9 Å². The number of carbonyl (C=O) groups excluding carboxylic acids is 2. The van der Waals surface area contributed by atoms with Gasteiger partial charge in [0.1, 0.15) is 11.4 Å². The van der Waals surface area contributed by atoms with Crippen LogP contribution in [0.15, 0.2) is 24.3 Å². The maximum atomic E-state index is 12.0. The number of ketones is 1. The van der Waals surface area contributed by atoms with Gasteiger partial charge in [0.2, 0.25) is 0 Å². The van der Waals surface area contributed by atoms with Gasteiger partial charge in [0.25, 0.3) is 0 Å². The summed E-state index contributed by atoms with van der Waals surface area (Å²) in [5, 5.41) is 2.48. The van der Waals surface area contributed by atoms with Crippen molar-refractivity contribution < 1.29 is 19.1 Å². The van der Waals surface area contributed by atoms with Crippen LogP contribution in [0.3, 0.4) is 0 Å². The van der Waals surface area contributed by atoms with Gasteiger partial charge in [-0.1, -0.05) is 12.1 Å². The van der Waals surface area contributed by atoms with E-state index in [2.05, 4.69) is 5.32 Å². The lowest BCUT2D eigenvalue weighted by molar-refractivity contribution is -0.117. The van der Waals surface area contributed by atoms with Crippen molar-refractivity contribution in [1.29, 1.82) is 0 Å². The molecule has 0 unspecified atom stereocenters. The Balaban J connectivity index is 1.75. The lowest BCUT2D eigenvalue weighted by Crippen LogP contribution is -2.35. The number of amides is 1. The number of benzene rings is 1. The zero-order valence-corrected chi connectivity index (χ0v) is 14.1. The number of carbonyl (C=O) groups is 2. The number of alkyl carbamates (subject to hydrolysis) is 1. The fourth-order valence-corrected chi connectivity index (χ4v) is 2.02. The highest BCUT2D eigenvalue weighted by Gasteiger charge is 2.22. The summed E-state index contributed by atoms with van der Waals surface area (Å²) in [5.74, 6) is 1.41. The van der Waals surface area contributed by atoms with Gasteiger partial charge in [-0.2, -0.15) is 0 Å². The number of hydrogen-bond acceptors (Lipinski definition) is 4. The van der Waals surface area contributed by atoms with Gasteiger partial charge in [-0.15, -0.1) is 0 Å². The van der Waals surface area contributed by atoms with Gasteiger partial charge in [0, 0.05) is 6.42 Å². The van der Waals surface area contributed by atoms with E-state index in [1.165, 1.54) is 12.8 Å². The second kappa shape index (κ2) is 7.49. The van der Waals surface area contributed by atoms with Crippen molar-refractivity contribution in [3.05, 3.63) is 29.8 Å². The van der Waals surface area contributed by atoms with Gasteiger partial charge < -0.3 is 14.8 Å². The van der Waals surface area contributed by atoms with E-state index in [1.807, 2.05) is 24.3 Å². The van der Waals surface area contributed by atoms with Crippen molar-refractivity contribution in [3.8, 4) is 5.75 Å². The van der Waals surface area contributed by atoms with Gasteiger partial charge >= 0.3 is 6.09 Å². The van der Waals surface area contributed by atoms with Crippen LogP contribution in [0.25, 0.3) is 0 Å². The largest absolute Gasteiger partial charge is 0.493 e. The minimum absolute atomic E-state index is 0.0396. The van der Waals surface area contributed by atoms with Gasteiger partial charge in [0.15, 0.2) is 5.78 Å². The molecule has 5 heteroatoms. The molecule has 0 spiro atoms. The molecule has 1 aromatic carbocycles. The normalized spacial score (nSPS) is 14.2. The molecule has 0 atom stereocenters. The third kappa shape index (κ3) is 7.17. The molecule has 1 N–H and O–H groups in total. The molecule has 1 saturated carbocycles. The second-order valence-corrected chi connectivity index (χ2v) is 6.97. The Morgan fingerprint density at radius 1 is 1.26 bits per heavy atom. The maximum absolute atomic E-state index is 12.0. The molecule has 1 amide bonds. The first-order valence-electron chi connectivity index (χ1n) is 8.02. The van der Waals surface area contributed by atoms with Gasteiger partial charge in [-0.05, 0) is 57.2 Å². The van der Waals surface area contributed by atoms with Crippen molar-refractivity contribution >= 4 is 11.9 Å². The van der Waals surface area contributed by atoms with Gasteiger partial charge in [-0.25, -0.2) is 4.79 Å². The summed E-state index contributed by atoms with van der Waals surface area (Å²) in [6.07, 6.45) is 2.17. The summed E-state index contributed by atoms with van der Waals surface area (Å²) in [6.45, 7) is 6.05. The zero-order valence-electron chi connectivity index (χ0n) is 14.1. The van der Waals surface area contributed by atoms with Crippen molar-refractivity contribution in [2.24, 2.45) is 5.92 Å². The first-order valence-corrected chi connectivity index (χ1v) is 8.02. The quantitative estimate of drug-likeness (QED) is 0.838. The van der Waals surface area contributed by atoms with Crippen molar-refractivity contribution in [2.75, 3.05) is 13.2 Å². The number of rotatable bonds is 7. The monoisotopic (exact) mass is 319 g/mol. The smallest absolute Gasteiger partial charge is 0.408 e. The molecule has 0 saturated heterocycles. The SMILES string of the molecule is CC(C)(C)OC(=O)NCC(=O)Cc1cccc(OCC2CC2)c1. The van der Waals surface area contributed by atoms with Crippen molar-refractivity contribution in [1.82, 2.24) is 5.32 Å². The average Bonchev–Trinajstić information content (AvgIpc) is 3.26. The first-order chi connectivity index (χ1) is 10.8. The molecule has 1 aromatic rings. The van der Waals surface area contributed by atoms with Gasteiger partial charge in [-0.3, -0.25) is 4.79 Å². The number of ether oxygens (including phenoxy) is 2. The molecule has 1 aliphatic carbocycles. The summed E-state index contributed by atoms with van der Waals surface area (Å²) in [7, 11) is 0. The first kappa shape index (κ1) is 17.3. The highest BCUT2D eigenvalue weighted by molar-refractivity contribution is 5.85. The predicted octanol–water partition coefficient (Wildman–Crippen LogP) is 3.11. The van der Waals surface area contributed by atoms with Crippen LogP contribution in [0.1, 0.15) is 39.2 Å². The standard InChI is InChI=1S/C18H25NO4/c1-18(2,3)23-17(21)19-11-15(20)9-14-5-4-6-16(10-14)22-12-13-7-8-13/h4-6,10,13H,7-9,11-12H2,1-3H3,(H,19,21). The number of Topliss-reactive ketones (excluding diaryl/α,β-unsaturated/α-hetero) is 1.